The van der Waals surface area contributed by atoms with Crippen LogP contribution in [0.1, 0.15) is 27.0 Å². The number of benzene rings is 3. The van der Waals surface area contributed by atoms with Crippen molar-refractivity contribution in [2.45, 2.75) is 20.3 Å². The number of nitrogens with one attached hydrogen (secondary N) is 2. The Bertz CT molecular complexity index is 1300. The number of imide groups is 1. The van der Waals surface area contributed by atoms with Crippen LogP contribution in [0.2, 0.25) is 0 Å². The maximum Gasteiger partial charge on any atom is 0.283 e. The van der Waals surface area contributed by atoms with Gasteiger partial charge in [0, 0.05) is 17.8 Å². The monoisotopic (exact) mass is 473 g/mol. The quantitative estimate of drug-likeness (QED) is 0.487. The summed E-state index contributed by atoms with van der Waals surface area (Å²) in [6, 6.07) is 22.1. The molecule has 0 saturated heterocycles. The lowest BCUT2D eigenvalue weighted by Crippen LogP contribution is -2.33. The molecule has 0 aliphatic carbocycles. The first-order valence-corrected chi connectivity index (χ1v) is 11.3. The predicted molar refractivity (Wildman–Crippen MR) is 134 cm³/mol. The zero-order valence-corrected chi connectivity index (χ0v) is 19.6. The Morgan fingerprint density at radius 3 is 2.44 bits per heavy atom. The topological polar surface area (TPSA) is 78.5 Å². The maximum atomic E-state index is 13.1. The first-order chi connectivity index (χ1) is 16.3. The summed E-state index contributed by atoms with van der Waals surface area (Å²) in [5, 5.41) is 5.65. The van der Waals surface area contributed by atoms with E-state index in [-0.39, 0.29) is 16.6 Å². The molecule has 3 amide bonds. The number of carbonyl (C=O) groups excluding carboxylic acids is 3. The van der Waals surface area contributed by atoms with Crippen molar-refractivity contribution in [1.82, 2.24) is 5.32 Å². The van der Waals surface area contributed by atoms with Gasteiger partial charge in [-0.05, 0) is 61.2 Å². The fourth-order valence-electron chi connectivity index (χ4n) is 3.74. The molecule has 0 aromatic heterocycles. The normalized spacial score (nSPS) is 13.4. The number of rotatable bonds is 7. The molecule has 7 heteroatoms. The second-order valence-electron chi connectivity index (χ2n) is 8.12. The smallest absolute Gasteiger partial charge is 0.283 e. The Balaban J connectivity index is 1.47. The number of aryl methyl sites for hydroxylation is 2. The van der Waals surface area contributed by atoms with Gasteiger partial charge in [0.15, 0.2) is 0 Å². The van der Waals surface area contributed by atoms with Crippen molar-refractivity contribution >= 4 is 40.7 Å². The zero-order valence-electron chi connectivity index (χ0n) is 18.9. The third-order valence-electron chi connectivity index (χ3n) is 5.57. The Morgan fingerprint density at radius 2 is 1.68 bits per heavy atom. The predicted octanol–water partition coefficient (Wildman–Crippen LogP) is 4.71. The summed E-state index contributed by atoms with van der Waals surface area (Å²) in [5.74, 6) is -1.36. The van der Waals surface area contributed by atoms with Crippen LogP contribution in [0.4, 0.5) is 11.4 Å². The molecule has 0 radical (unpaired) electrons. The van der Waals surface area contributed by atoms with E-state index in [0.717, 1.165) is 28.0 Å². The van der Waals surface area contributed by atoms with Crippen LogP contribution in [-0.4, -0.2) is 24.3 Å². The van der Waals surface area contributed by atoms with Gasteiger partial charge in [-0.1, -0.05) is 60.1 Å². The highest BCUT2D eigenvalue weighted by molar-refractivity contribution is 6.53. The van der Waals surface area contributed by atoms with Crippen molar-refractivity contribution in [1.29, 1.82) is 0 Å². The first kappa shape index (κ1) is 23.3. The highest BCUT2D eigenvalue weighted by Gasteiger charge is 2.39. The van der Waals surface area contributed by atoms with E-state index in [4.69, 9.17) is 11.6 Å². The second kappa shape index (κ2) is 9.93. The van der Waals surface area contributed by atoms with Crippen LogP contribution < -0.4 is 15.5 Å². The lowest BCUT2D eigenvalue weighted by atomic mass is 10.1. The number of nitrogens with zero attached hydrogens (tertiary/aromatic N) is 1. The third-order valence-corrected chi connectivity index (χ3v) is 5.92. The number of anilines is 2. The SMILES string of the molecule is Cc1ccc(C)c(N2C(=O)C(Cl)=C(Nc3cccc(C(=O)NCCc4ccccc4)c3)C2=O)c1. The average molecular weight is 474 g/mol. The molecule has 0 unspecified atom stereocenters. The molecule has 2 N–H and O–H groups in total. The molecule has 1 aliphatic heterocycles. The minimum Gasteiger partial charge on any atom is -0.352 e. The molecule has 0 fully saturated rings. The summed E-state index contributed by atoms with van der Waals surface area (Å²) in [6.07, 6.45) is 0.720. The number of carbonyl (C=O) groups is 3. The number of amides is 3. The summed E-state index contributed by atoms with van der Waals surface area (Å²) in [7, 11) is 0. The summed E-state index contributed by atoms with van der Waals surface area (Å²) < 4.78 is 0. The van der Waals surface area contributed by atoms with E-state index in [9.17, 15) is 14.4 Å². The van der Waals surface area contributed by atoms with E-state index < -0.39 is 11.8 Å². The highest BCUT2D eigenvalue weighted by atomic mass is 35.5. The number of halogens is 1. The lowest BCUT2D eigenvalue weighted by Gasteiger charge is -2.18. The van der Waals surface area contributed by atoms with Gasteiger partial charge in [-0.2, -0.15) is 0 Å². The molecule has 1 aliphatic rings. The Hall–Kier alpha value is -3.90. The molecule has 1 heterocycles. The van der Waals surface area contributed by atoms with Crippen molar-refractivity contribution in [3.63, 3.8) is 0 Å². The van der Waals surface area contributed by atoms with Gasteiger partial charge in [0.05, 0.1) is 5.69 Å². The summed E-state index contributed by atoms with van der Waals surface area (Å²) in [6.45, 7) is 4.21. The molecule has 0 saturated carbocycles. The zero-order chi connectivity index (χ0) is 24.2. The van der Waals surface area contributed by atoms with E-state index >= 15 is 0 Å². The maximum absolute atomic E-state index is 13.1. The van der Waals surface area contributed by atoms with Crippen molar-refractivity contribution in [2.75, 3.05) is 16.8 Å². The van der Waals surface area contributed by atoms with Gasteiger partial charge in [0.1, 0.15) is 10.7 Å². The minimum atomic E-state index is -0.585. The molecule has 0 atom stereocenters. The fraction of sp³-hybridized carbons (Fsp3) is 0.148. The van der Waals surface area contributed by atoms with Gasteiger partial charge in [-0.15, -0.1) is 0 Å². The average Bonchev–Trinajstić information content (AvgIpc) is 3.04. The minimum absolute atomic E-state index is 0.0193. The van der Waals surface area contributed by atoms with E-state index in [1.165, 1.54) is 0 Å². The fourth-order valence-corrected chi connectivity index (χ4v) is 3.95. The molecular formula is C27H24ClN3O3. The van der Waals surface area contributed by atoms with Crippen LogP contribution >= 0.6 is 11.6 Å². The van der Waals surface area contributed by atoms with E-state index in [2.05, 4.69) is 10.6 Å². The molecule has 172 valence electrons. The number of hydrogen-bond acceptors (Lipinski definition) is 4. The van der Waals surface area contributed by atoms with E-state index in [1.54, 1.807) is 30.3 Å². The van der Waals surface area contributed by atoms with Crippen LogP contribution in [0.15, 0.2) is 83.5 Å². The summed E-state index contributed by atoms with van der Waals surface area (Å²) >= 11 is 6.27. The second-order valence-corrected chi connectivity index (χ2v) is 8.50. The molecule has 3 aromatic rings. The van der Waals surface area contributed by atoms with E-state index in [0.29, 0.717) is 23.5 Å². The molecule has 6 nitrogen and oxygen atoms in total. The van der Waals surface area contributed by atoms with Gasteiger partial charge in [-0.3, -0.25) is 14.4 Å². The largest absolute Gasteiger partial charge is 0.352 e. The standard InChI is InChI=1S/C27H24ClN3O3/c1-17-11-12-18(2)22(15-17)31-26(33)23(28)24(27(31)34)30-21-10-6-9-20(16-21)25(32)29-14-13-19-7-4-3-5-8-19/h3-12,15-16,30H,13-14H2,1-2H3,(H,29,32). The lowest BCUT2D eigenvalue weighted by molar-refractivity contribution is -0.120. The van der Waals surface area contributed by atoms with Crippen LogP contribution in [0.25, 0.3) is 0 Å². The molecule has 3 aromatic carbocycles. The molecule has 4 rings (SSSR count). The van der Waals surface area contributed by atoms with Crippen molar-refractivity contribution in [3.05, 3.63) is 106 Å². The molecule has 34 heavy (non-hydrogen) atoms. The van der Waals surface area contributed by atoms with Crippen molar-refractivity contribution < 1.29 is 14.4 Å². The first-order valence-electron chi connectivity index (χ1n) is 10.9. The van der Waals surface area contributed by atoms with Gasteiger partial charge in [0.25, 0.3) is 17.7 Å². The number of hydrogen-bond donors (Lipinski definition) is 2. The van der Waals surface area contributed by atoms with Gasteiger partial charge < -0.3 is 10.6 Å². The van der Waals surface area contributed by atoms with Crippen LogP contribution in [0.3, 0.4) is 0 Å². The Morgan fingerprint density at radius 1 is 0.912 bits per heavy atom. The van der Waals surface area contributed by atoms with Crippen molar-refractivity contribution in [2.24, 2.45) is 0 Å². The Labute approximate surface area is 203 Å². The van der Waals surface area contributed by atoms with Gasteiger partial charge >= 0.3 is 0 Å². The van der Waals surface area contributed by atoms with Gasteiger partial charge in [0.2, 0.25) is 0 Å². The third kappa shape index (κ3) is 4.87. The van der Waals surface area contributed by atoms with Crippen LogP contribution in [-0.2, 0) is 16.0 Å². The molecular weight excluding hydrogens is 450 g/mol. The molecule has 0 bridgehead atoms. The van der Waals surface area contributed by atoms with Crippen LogP contribution in [0, 0.1) is 13.8 Å². The van der Waals surface area contributed by atoms with Gasteiger partial charge in [-0.25, -0.2) is 4.90 Å². The van der Waals surface area contributed by atoms with E-state index in [1.807, 2.05) is 56.3 Å². The summed E-state index contributed by atoms with van der Waals surface area (Å²) in [4.78, 5) is 39.6. The van der Waals surface area contributed by atoms with Crippen molar-refractivity contribution in [3.8, 4) is 0 Å². The van der Waals surface area contributed by atoms with Crippen LogP contribution in [0.5, 0.6) is 0 Å². The molecule has 0 spiro atoms. The Kier molecular flexibility index (Phi) is 6.80. The summed E-state index contributed by atoms with van der Waals surface area (Å²) in [5.41, 5.74) is 4.23. The highest BCUT2D eigenvalue weighted by Crippen LogP contribution is 2.32.